The van der Waals surface area contributed by atoms with Crippen LogP contribution in [0.2, 0.25) is 0 Å². The maximum absolute atomic E-state index is 13.7. The van der Waals surface area contributed by atoms with Crippen molar-refractivity contribution >= 4 is 29.2 Å². The van der Waals surface area contributed by atoms with Gasteiger partial charge in [0.2, 0.25) is 5.91 Å². The molecular weight excluding hydrogens is 353 g/mol. The molecule has 6 nitrogen and oxygen atoms in total. The molecule has 0 radical (unpaired) electrons. The van der Waals surface area contributed by atoms with Crippen molar-refractivity contribution in [2.75, 3.05) is 36.1 Å². The summed E-state index contributed by atoms with van der Waals surface area (Å²) in [5, 5.41) is 3.43. The molecule has 2 aromatic rings. The lowest BCUT2D eigenvalue weighted by atomic mass is 9.87. The van der Waals surface area contributed by atoms with Gasteiger partial charge in [0.1, 0.15) is 11.6 Å². The summed E-state index contributed by atoms with van der Waals surface area (Å²) >= 11 is 1.53. The number of para-hydroxylation sites is 1. The van der Waals surface area contributed by atoms with Gasteiger partial charge in [-0.3, -0.25) is 9.69 Å². The Morgan fingerprint density at radius 2 is 2.08 bits per heavy atom. The average Bonchev–Trinajstić information content (AvgIpc) is 2.68. The third kappa shape index (κ3) is 3.39. The van der Waals surface area contributed by atoms with E-state index in [1.807, 2.05) is 12.3 Å². The molecule has 2 atom stereocenters. The van der Waals surface area contributed by atoms with Crippen molar-refractivity contribution in [2.45, 2.75) is 23.7 Å². The molecule has 136 valence electrons. The summed E-state index contributed by atoms with van der Waals surface area (Å²) in [6, 6.07) is 8.82. The number of carbonyl (C=O) groups excluding carboxylic acids is 1. The summed E-state index contributed by atoms with van der Waals surface area (Å²) < 4.78 is 13.7. The van der Waals surface area contributed by atoms with E-state index < -0.39 is 5.82 Å². The van der Waals surface area contributed by atoms with E-state index in [2.05, 4.69) is 25.1 Å². The number of piperidine rings is 1. The van der Waals surface area contributed by atoms with Crippen LogP contribution in [-0.2, 0) is 4.79 Å². The molecule has 3 saturated heterocycles. The number of hydrogen-bond acceptors (Lipinski definition) is 6. The number of anilines is 2. The van der Waals surface area contributed by atoms with Gasteiger partial charge in [-0.05, 0) is 30.9 Å². The van der Waals surface area contributed by atoms with Gasteiger partial charge in [-0.1, -0.05) is 23.9 Å². The average molecular weight is 373 g/mol. The van der Waals surface area contributed by atoms with Crippen molar-refractivity contribution in [1.29, 1.82) is 0 Å². The number of benzene rings is 1. The van der Waals surface area contributed by atoms with E-state index in [1.165, 1.54) is 17.8 Å². The number of halogens is 1. The van der Waals surface area contributed by atoms with Gasteiger partial charge in [-0.15, -0.1) is 0 Å². The van der Waals surface area contributed by atoms with Crippen LogP contribution in [0.15, 0.2) is 41.7 Å². The predicted octanol–water partition coefficient (Wildman–Crippen LogP) is 2.24. The smallest absolute Gasteiger partial charge is 0.238 e. The lowest BCUT2D eigenvalue weighted by Crippen LogP contribution is -2.69. The molecule has 3 aliphatic rings. The van der Waals surface area contributed by atoms with Crippen LogP contribution in [-0.4, -0.2) is 58.7 Å². The van der Waals surface area contributed by atoms with Crippen molar-refractivity contribution in [3.05, 3.63) is 42.3 Å². The van der Waals surface area contributed by atoms with Crippen LogP contribution in [0.1, 0.15) is 6.42 Å². The lowest BCUT2D eigenvalue weighted by Gasteiger charge is -2.56. The molecule has 0 saturated carbocycles. The van der Waals surface area contributed by atoms with E-state index in [0.29, 0.717) is 12.1 Å². The summed E-state index contributed by atoms with van der Waals surface area (Å²) in [7, 11) is 0. The second kappa shape index (κ2) is 7.20. The predicted molar refractivity (Wildman–Crippen MR) is 100.0 cm³/mol. The highest BCUT2D eigenvalue weighted by molar-refractivity contribution is 7.98. The van der Waals surface area contributed by atoms with E-state index in [-0.39, 0.29) is 18.1 Å². The fraction of sp³-hybridized carbons (Fsp3) is 0.389. The zero-order chi connectivity index (χ0) is 18.1. The normalized spacial score (nSPS) is 22.0. The maximum Gasteiger partial charge on any atom is 0.238 e. The van der Waals surface area contributed by atoms with Gasteiger partial charge < -0.3 is 10.2 Å². The first-order chi connectivity index (χ1) is 12.6. The molecule has 0 aliphatic carbocycles. The minimum atomic E-state index is -0.413. The van der Waals surface area contributed by atoms with Gasteiger partial charge in [0.05, 0.1) is 12.2 Å². The van der Waals surface area contributed by atoms with Gasteiger partial charge >= 0.3 is 0 Å². The Labute approximate surface area is 155 Å². The lowest BCUT2D eigenvalue weighted by molar-refractivity contribution is -0.121. The van der Waals surface area contributed by atoms with Gasteiger partial charge in [0.25, 0.3) is 0 Å². The SMILES string of the molecule is CSc1nccc(N2CC3CC(C2)N3CC(=O)Nc2ccccc2F)n1. The highest BCUT2D eigenvalue weighted by Gasteiger charge is 2.45. The molecular formula is C18H20FN5OS. The van der Waals surface area contributed by atoms with Crippen LogP contribution < -0.4 is 10.2 Å². The van der Waals surface area contributed by atoms with Crippen LogP contribution in [0.5, 0.6) is 0 Å². The minimum Gasteiger partial charge on any atom is -0.353 e. The van der Waals surface area contributed by atoms with E-state index >= 15 is 0 Å². The molecule has 1 aromatic heterocycles. The summed E-state index contributed by atoms with van der Waals surface area (Å²) in [6.07, 6.45) is 4.83. The number of piperazine rings is 1. The van der Waals surface area contributed by atoms with E-state index in [4.69, 9.17) is 0 Å². The summed E-state index contributed by atoms with van der Waals surface area (Å²) in [5.41, 5.74) is 0.232. The first-order valence-electron chi connectivity index (χ1n) is 8.56. The maximum atomic E-state index is 13.7. The molecule has 2 bridgehead atoms. The first-order valence-corrected chi connectivity index (χ1v) is 9.78. The highest BCUT2D eigenvalue weighted by Crippen LogP contribution is 2.34. The van der Waals surface area contributed by atoms with Crippen molar-refractivity contribution in [1.82, 2.24) is 14.9 Å². The Morgan fingerprint density at radius 1 is 1.31 bits per heavy atom. The zero-order valence-corrected chi connectivity index (χ0v) is 15.2. The van der Waals surface area contributed by atoms with Crippen molar-refractivity contribution in [2.24, 2.45) is 0 Å². The largest absolute Gasteiger partial charge is 0.353 e. The molecule has 5 rings (SSSR count). The number of thioether (sulfide) groups is 1. The van der Waals surface area contributed by atoms with E-state index in [1.54, 1.807) is 24.4 Å². The number of carbonyl (C=O) groups is 1. The second-order valence-electron chi connectivity index (χ2n) is 6.55. The van der Waals surface area contributed by atoms with Crippen LogP contribution in [0, 0.1) is 5.82 Å². The zero-order valence-electron chi connectivity index (χ0n) is 14.4. The van der Waals surface area contributed by atoms with E-state index in [9.17, 15) is 9.18 Å². The number of nitrogens with zero attached hydrogens (tertiary/aromatic N) is 4. The summed E-state index contributed by atoms with van der Waals surface area (Å²) in [4.78, 5) is 25.5. The van der Waals surface area contributed by atoms with Gasteiger partial charge in [-0.2, -0.15) is 0 Å². The Bertz CT molecular complexity index is 808. The number of aromatic nitrogens is 2. The Balaban J connectivity index is 1.35. The third-order valence-corrected chi connectivity index (χ3v) is 5.51. The molecule has 0 spiro atoms. The first kappa shape index (κ1) is 17.2. The summed E-state index contributed by atoms with van der Waals surface area (Å²) in [6.45, 7) is 1.97. The van der Waals surface area contributed by atoms with Gasteiger partial charge in [-0.25, -0.2) is 14.4 Å². The Kier molecular flexibility index (Phi) is 4.78. The number of rotatable bonds is 5. The van der Waals surface area contributed by atoms with Crippen molar-refractivity contribution in [3.63, 3.8) is 0 Å². The topological polar surface area (TPSA) is 61.4 Å². The van der Waals surface area contributed by atoms with Crippen molar-refractivity contribution in [3.8, 4) is 0 Å². The third-order valence-electron chi connectivity index (χ3n) is 4.94. The second-order valence-corrected chi connectivity index (χ2v) is 7.32. The number of hydrogen-bond donors (Lipinski definition) is 1. The van der Waals surface area contributed by atoms with Crippen LogP contribution >= 0.6 is 11.8 Å². The molecule has 8 heteroatoms. The monoisotopic (exact) mass is 373 g/mol. The van der Waals surface area contributed by atoms with Gasteiger partial charge in [0.15, 0.2) is 5.16 Å². The van der Waals surface area contributed by atoms with Gasteiger partial charge in [0, 0.05) is 31.4 Å². The molecule has 1 N–H and O–H groups in total. The molecule has 2 unspecified atom stereocenters. The highest BCUT2D eigenvalue weighted by atomic mass is 32.2. The molecule has 1 amide bonds. The fourth-order valence-electron chi connectivity index (χ4n) is 3.66. The van der Waals surface area contributed by atoms with Crippen LogP contribution in [0.3, 0.4) is 0 Å². The van der Waals surface area contributed by atoms with Crippen LogP contribution in [0.4, 0.5) is 15.9 Å². The molecule has 1 aromatic carbocycles. The number of fused-ring (bicyclic) bond motifs is 2. The fourth-order valence-corrected chi connectivity index (χ4v) is 4.01. The molecule has 4 heterocycles. The Hall–Kier alpha value is -2.19. The molecule has 3 aliphatic heterocycles. The van der Waals surface area contributed by atoms with Crippen LogP contribution in [0.25, 0.3) is 0 Å². The quantitative estimate of drug-likeness (QED) is 0.641. The molecule has 26 heavy (non-hydrogen) atoms. The molecule has 3 fully saturated rings. The number of amides is 1. The summed E-state index contributed by atoms with van der Waals surface area (Å²) in [5.74, 6) is 0.351. The standard InChI is InChI=1S/C18H20FN5OS/c1-26-18-20-7-6-16(22-18)23-9-12-8-13(10-23)24(12)11-17(25)21-15-5-3-2-4-14(15)19/h2-7,12-13H,8-11H2,1H3,(H,21,25). The minimum absolute atomic E-state index is 0.176. The van der Waals surface area contributed by atoms with E-state index in [0.717, 1.165) is 30.5 Å². The number of nitrogens with one attached hydrogen (secondary N) is 1. The van der Waals surface area contributed by atoms with Crippen molar-refractivity contribution < 1.29 is 9.18 Å². The Morgan fingerprint density at radius 3 is 2.81 bits per heavy atom.